The van der Waals surface area contributed by atoms with E-state index >= 15 is 0 Å². The van der Waals surface area contributed by atoms with Crippen molar-refractivity contribution in [3.05, 3.63) is 35.9 Å². The summed E-state index contributed by atoms with van der Waals surface area (Å²) in [4.78, 5) is 2.30. The van der Waals surface area contributed by atoms with Gasteiger partial charge in [-0.3, -0.25) is 0 Å². The summed E-state index contributed by atoms with van der Waals surface area (Å²) in [5.41, 5.74) is 1.15. The zero-order valence-corrected chi connectivity index (χ0v) is 12.5. The smallest absolute Gasteiger partial charge is 0.0900 e. The lowest BCUT2D eigenvalue weighted by molar-refractivity contribution is 0.00488. The second kappa shape index (κ2) is 8.40. The number of hydrogen-bond donors (Lipinski definition) is 1. The third-order valence-corrected chi connectivity index (χ3v) is 4.12. The van der Waals surface area contributed by atoms with Crippen LogP contribution in [-0.2, 0) is 11.3 Å². The molecule has 0 aromatic heterocycles. The number of benzene rings is 1. The van der Waals surface area contributed by atoms with Crippen molar-refractivity contribution < 1.29 is 9.84 Å². The quantitative estimate of drug-likeness (QED) is 0.832. The van der Waals surface area contributed by atoms with Crippen molar-refractivity contribution in [1.29, 1.82) is 0 Å². The van der Waals surface area contributed by atoms with Crippen molar-refractivity contribution in [2.75, 3.05) is 20.2 Å². The lowest BCUT2D eigenvalue weighted by atomic mass is 9.94. The van der Waals surface area contributed by atoms with Crippen molar-refractivity contribution in [2.24, 2.45) is 0 Å². The third kappa shape index (κ3) is 5.23. The van der Waals surface area contributed by atoms with E-state index in [1.165, 1.54) is 32.1 Å². The summed E-state index contributed by atoms with van der Waals surface area (Å²) in [6, 6.07) is 10.7. The van der Waals surface area contributed by atoms with Gasteiger partial charge < -0.3 is 14.7 Å². The fraction of sp³-hybridized carbons (Fsp3) is 0.647. The van der Waals surface area contributed by atoms with Crippen LogP contribution in [0, 0.1) is 0 Å². The van der Waals surface area contributed by atoms with E-state index in [-0.39, 0.29) is 0 Å². The van der Waals surface area contributed by atoms with Gasteiger partial charge in [0.2, 0.25) is 0 Å². The van der Waals surface area contributed by atoms with Crippen LogP contribution in [0.4, 0.5) is 0 Å². The molecule has 0 saturated heterocycles. The molecule has 0 heterocycles. The molecule has 1 aliphatic rings. The van der Waals surface area contributed by atoms with Gasteiger partial charge in [0.25, 0.3) is 0 Å². The first-order chi connectivity index (χ1) is 9.75. The first kappa shape index (κ1) is 15.5. The lowest BCUT2D eigenvalue weighted by Crippen LogP contribution is -2.40. The lowest BCUT2D eigenvalue weighted by Gasteiger charge is -2.32. The van der Waals surface area contributed by atoms with Crippen molar-refractivity contribution in [3.63, 3.8) is 0 Å². The summed E-state index contributed by atoms with van der Waals surface area (Å²) in [5, 5.41) is 10.1. The monoisotopic (exact) mass is 277 g/mol. The maximum absolute atomic E-state index is 10.1. The van der Waals surface area contributed by atoms with E-state index in [9.17, 15) is 5.11 Å². The Morgan fingerprint density at radius 3 is 2.60 bits per heavy atom. The molecule has 2 rings (SSSR count). The molecule has 20 heavy (non-hydrogen) atoms. The average Bonchev–Trinajstić information content (AvgIpc) is 2.49. The third-order valence-electron chi connectivity index (χ3n) is 4.12. The molecule has 1 aromatic carbocycles. The van der Waals surface area contributed by atoms with Gasteiger partial charge in [0.15, 0.2) is 0 Å². The minimum Gasteiger partial charge on any atom is -0.389 e. The Kier molecular flexibility index (Phi) is 6.51. The maximum atomic E-state index is 10.1. The molecule has 3 heteroatoms. The van der Waals surface area contributed by atoms with Gasteiger partial charge in [0.05, 0.1) is 19.3 Å². The van der Waals surface area contributed by atoms with Gasteiger partial charge in [-0.1, -0.05) is 49.6 Å². The van der Waals surface area contributed by atoms with Crippen LogP contribution in [0.25, 0.3) is 0 Å². The van der Waals surface area contributed by atoms with Crippen LogP contribution >= 0.6 is 0 Å². The number of aliphatic hydroxyl groups is 1. The van der Waals surface area contributed by atoms with Crippen LogP contribution in [0.1, 0.15) is 37.7 Å². The molecule has 0 unspecified atom stereocenters. The number of nitrogens with zero attached hydrogens (tertiary/aromatic N) is 1. The summed E-state index contributed by atoms with van der Waals surface area (Å²) < 4.78 is 5.59. The molecule has 1 aliphatic carbocycles. The summed E-state index contributed by atoms with van der Waals surface area (Å²) >= 11 is 0. The molecule has 1 aromatic rings. The van der Waals surface area contributed by atoms with Crippen LogP contribution in [0.3, 0.4) is 0 Å². The number of hydrogen-bond acceptors (Lipinski definition) is 3. The molecule has 0 bridgehead atoms. The van der Waals surface area contributed by atoms with Gasteiger partial charge in [-0.15, -0.1) is 0 Å². The van der Waals surface area contributed by atoms with E-state index in [0.29, 0.717) is 25.8 Å². The first-order valence-corrected chi connectivity index (χ1v) is 7.75. The van der Waals surface area contributed by atoms with Crippen LogP contribution < -0.4 is 0 Å². The summed E-state index contributed by atoms with van der Waals surface area (Å²) in [7, 11) is 2.12. The molecule has 1 saturated carbocycles. The molecular formula is C17H27NO2. The molecule has 1 atom stereocenters. The zero-order chi connectivity index (χ0) is 14.2. The van der Waals surface area contributed by atoms with Crippen LogP contribution in [0.15, 0.2) is 30.3 Å². The van der Waals surface area contributed by atoms with Gasteiger partial charge in [-0.2, -0.15) is 0 Å². The highest BCUT2D eigenvalue weighted by Gasteiger charge is 2.19. The Bertz CT molecular complexity index is 363. The second-order valence-corrected chi connectivity index (χ2v) is 5.89. The minimum absolute atomic E-state index is 0.398. The Labute approximate surface area is 122 Å². The topological polar surface area (TPSA) is 32.7 Å². The molecule has 0 spiro atoms. The zero-order valence-electron chi connectivity index (χ0n) is 12.5. The van der Waals surface area contributed by atoms with E-state index in [0.717, 1.165) is 5.56 Å². The SMILES string of the molecule is CN(C[C@@H](O)COCc1ccccc1)C1CCCCC1. The fourth-order valence-electron chi connectivity index (χ4n) is 2.94. The number of ether oxygens (including phenoxy) is 1. The minimum atomic E-state index is -0.398. The van der Waals surface area contributed by atoms with Crippen LogP contribution in [0.2, 0.25) is 0 Å². The van der Waals surface area contributed by atoms with E-state index in [2.05, 4.69) is 11.9 Å². The van der Waals surface area contributed by atoms with Crippen molar-refractivity contribution >= 4 is 0 Å². The van der Waals surface area contributed by atoms with Gasteiger partial charge in [-0.05, 0) is 25.5 Å². The molecule has 112 valence electrons. The molecule has 0 radical (unpaired) electrons. The van der Waals surface area contributed by atoms with Gasteiger partial charge in [0.1, 0.15) is 0 Å². The van der Waals surface area contributed by atoms with Gasteiger partial charge in [0, 0.05) is 12.6 Å². The van der Waals surface area contributed by atoms with E-state index in [1.807, 2.05) is 30.3 Å². The largest absolute Gasteiger partial charge is 0.389 e. The molecule has 0 aliphatic heterocycles. The van der Waals surface area contributed by atoms with Crippen molar-refractivity contribution in [3.8, 4) is 0 Å². The van der Waals surface area contributed by atoms with Crippen molar-refractivity contribution in [1.82, 2.24) is 4.90 Å². The fourth-order valence-corrected chi connectivity index (χ4v) is 2.94. The summed E-state index contributed by atoms with van der Waals surface area (Å²) in [6.07, 6.45) is 6.17. The summed E-state index contributed by atoms with van der Waals surface area (Å²) in [6.45, 7) is 1.69. The van der Waals surface area contributed by atoms with E-state index in [4.69, 9.17) is 4.74 Å². The average molecular weight is 277 g/mol. The van der Waals surface area contributed by atoms with Gasteiger partial charge >= 0.3 is 0 Å². The number of rotatable bonds is 7. The van der Waals surface area contributed by atoms with Gasteiger partial charge in [-0.25, -0.2) is 0 Å². The molecular weight excluding hydrogens is 250 g/mol. The van der Waals surface area contributed by atoms with E-state index in [1.54, 1.807) is 0 Å². The van der Waals surface area contributed by atoms with Crippen molar-refractivity contribution in [2.45, 2.75) is 50.9 Å². The first-order valence-electron chi connectivity index (χ1n) is 7.75. The predicted molar refractivity (Wildman–Crippen MR) is 81.6 cm³/mol. The molecule has 1 fully saturated rings. The highest BCUT2D eigenvalue weighted by molar-refractivity contribution is 5.13. The van der Waals surface area contributed by atoms with Crippen LogP contribution in [-0.4, -0.2) is 42.4 Å². The molecule has 3 nitrogen and oxygen atoms in total. The second-order valence-electron chi connectivity index (χ2n) is 5.89. The Morgan fingerprint density at radius 2 is 1.90 bits per heavy atom. The molecule has 1 N–H and O–H groups in total. The van der Waals surface area contributed by atoms with Crippen LogP contribution in [0.5, 0.6) is 0 Å². The highest BCUT2D eigenvalue weighted by Crippen LogP contribution is 2.21. The number of aliphatic hydroxyl groups excluding tert-OH is 1. The highest BCUT2D eigenvalue weighted by atomic mass is 16.5. The Hall–Kier alpha value is -0.900. The Morgan fingerprint density at radius 1 is 1.20 bits per heavy atom. The maximum Gasteiger partial charge on any atom is 0.0900 e. The van der Waals surface area contributed by atoms with E-state index < -0.39 is 6.10 Å². The molecule has 0 amide bonds. The normalized spacial score (nSPS) is 18.4. The number of likely N-dealkylation sites (N-methyl/N-ethyl adjacent to an activating group) is 1. The summed E-state index contributed by atoms with van der Waals surface area (Å²) in [5.74, 6) is 0. The Balaban J connectivity index is 1.63. The standard InChI is InChI=1S/C17H27NO2/c1-18(16-10-6-3-7-11-16)12-17(19)14-20-13-15-8-4-2-5-9-15/h2,4-5,8-9,16-17,19H,3,6-7,10-14H2,1H3/t17-/m1/s1. The predicted octanol–water partition coefficient (Wildman–Crippen LogP) is 2.83.